The molecule has 0 unspecified atom stereocenters. The van der Waals surface area contributed by atoms with Crippen LogP contribution in [0.2, 0.25) is 0 Å². The number of anilines is 2. The Morgan fingerprint density at radius 3 is 2.75 bits per heavy atom. The molecule has 20 heavy (non-hydrogen) atoms. The quantitative estimate of drug-likeness (QED) is 0.706. The maximum atomic E-state index is 13.2. The van der Waals surface area contributed by atoms with E-state index < -0.39 is 0 Å². The molecular weight excluding hydrogens is 271 g/mol. The summed E-state index contributed by atoms with van der Waals surface area (Å²) < 4.78 is 14.2. The second-order valence-corrected chi connectivity index (χ2v) is 6.03. The minimum atomic E-state index is -0.253. The van der Waals surface area contributed by atoms with Gasteiger partial charge >= 0.3 is 0 Å². The molecule has 0 aliphatic heterocycles. The van der Waals surface area contributed by atoms with Gasteiger partial charge in [-0.3, -0.25) is 0 Å². The smallest absolute Gasteiger partial charge is 0.188 e. The van der Waals surface area contributed by atoms with Crippen molar-refractivity contribution in [3.8, 4) is 0 Å². The fourth-order valence-electron chi connectivity index (χ4n) is 2.18. The van der Waals surface area contributed by atoms with Gasteiger partial charge in [0.1, 0.15) is 5.82 Å². The lowest BCUT2D eigenvalue weighted by molar-refractivity contribution is 0.629. The number of halogens is 1. The van der Waals surface area contributed by atoms with Gasteiger partial charge < -0.3 is 5.32 Å². The monoisotopic (exact) mass is 286 g/mol. The van der Waals surface area contributed by atoms with Crippen LogP contribution < -0.4 is 5.32 Å². The molecule has 1 N–H and O–H groups in total. The number of nitrogens with zero attached hydrogens (tertiary/aromatic N) is 1. The third kappa shape index (κ3) is 2.51. The first-order chi connectivity index (χ1) is 9.63. The Balaban J connectivity index is 1.97. The number of thiazole rings is 1. The molecule has 0 radical (unpaired) electrons. The van der Waals surface area contributed by atoms with E-state index in [1.54, 1.807) is 6.07 Å². The highest BCUT2D eigenvalue weighted by Crippen LogP contribution is 2.31. The van der Waals surface area contributed by atoms with Crippen LogP contribution in [0.25, 0.3) is 10.2 Å². The number of aromatic nitrogens is 1. The largest absolute Gasteiger partial charge is 0.331 e. The van der Waals surface area contributed by atoms with Crippen LogP contribution in [0.3, 0.4) is 0 Å². The fourth-order valence-corrected chi connectivity index (χ4v) is 3.04. The van der Waals surface area contributed by atoms with Gasteiger partial charge in [0.15, 0.2) is 5.13 Å². The lowest BCUT2D eigenvalue weighted by Gasteiger charge is -2.12. The summed E-state index contributed by atoms with van der Waals surface area (Å²) in [6, 6.07) is 12.9. The Kier molecular flexibility index (Phi) is 3.40. The summed E-state index contributed by atoms with van der Waals surface area (Å²) >= 11 is 1.53. The van der Waals surface area contributed by atoms with Gasteiger partial charge in [0.2, 0.25) is 0 Å². The summed E-state index contributed by atoms with van der Waals surface area (Å²) in [4.78, 5) is 4.44. The molecule has 102 valence electrons. The summed E-state index contributed by atoms with van der Waals surface area (Å²) in [5, 5.41) is 4.14. The van der Waals surface area contributed by atoms with E-state index in [0.29, 0.717) is 11.4 Å². The van der Waals surface area contributed by atoms with Crippen molar-refractivity contribution in [2.75, 3.05) is 5.32 Å². The first-order valence-corrected chi connectivity index (χ1v) is 7.37. The van der Waals surface area contributed by atoms with Crippen molar-refractivity contribution in [1.29, 1.82) is 0 Å². The second kappa shape index (κ2) is 5.21. The number of nitrogens with one attached hydrogen (secondary N) is 1. The van der Waals surface area contributed by atoms with Gasteiger partial charge in [0.25, 0.3) is 0 Å². The van der Waals surface area contributed by atoms with E-state index in [2.05, 4.69) is 30.2 Å². The molecule has 0 saturated carbocycles. The van der Waals surface area contributed by atoms with Crippen LogP contribution in [0.15, 0.2) is 42.5 Å². The molecule has 4 heteroatoms. The molecular formula is C16H15FN2S. The molecule has 0 atom stereocenters. The molecule has 3 aromatic rings. The molecule has 2 nitrogen and oxygen atoms in total. The molecule has 0 aliphatic rings. The first kappa shape index (κ1) is 13.1. The van der Waals surface area contributed by atoms with Crippen molar-refractivity contribution >= 4 is 32.4 Å². The third-order valence-corrected chi connectivity index (χ3v) is 4.13. The predicted molar refractivity (Wildman–Crippen MR) is 83.4 cm³/mol. The molecule has 0 aliphatic carbocycles. The first-order valence-electron chi connectivity index (χ1n) is 6.55. The molecule has 3 rings (SSSR count). The van der Waals surface area contributed by atoms with Crippen LogP contribution in [-0.2, 0) is 0 Å². The maximum Gasteiger partial charge on any atom is 0.188 e. The lowest BCUT2D eigenvalue weighted by Crippen LogP contribution is -1.96. The molecule has 2 aromatic carbocycles. The number of hydrogen-bond acceptors (Lipinski definition) is 3. The molecule has 0 bridgehead atoms. The zero-order valence-electron chi connectivity index (χ0n) is 11.4. The lowest BCUT2D eigenvalue weighted by atomic mass is 10.0. The fraction of sp³-hybridized carbons (Fsp3) is 0.188. The highest BCUT2D eigenvalue weighted by atomic mass is 32.1. The van der Waals surface area contributed by atoms with Gasteiger partial charge in [-0.2, -0.15) is 0 Å². The van der Waals surface area contributed by atoms with Crippen molar-refractivity contribution in [2.45, 2.75) is 19.8 Å². The average Bonchev–Trinajstić information content (AvgIpc) is 2.80. The van der Waals surface area contributed by atoms with Gasteiger partial charge in [-0.15, -0.1) is 0 Å². The third-order valence-electron chi connectivity index (χ3n) is 3.17. The Hall–Kier alpha value is -1.94. The Labute approximate surface area is 121 Å². The molecule has 0 saturated heterocycles. The number of fused-ring (bicyclic) bond motifs is 1. The highest BCUT2D eigenvalue weighted by Gasteiger charge is 2.09. The van der Waals surface area contributed by atoms with E-state index in [1.807, 2.05) is 18.2 Å². The Morgan fingerprint density at radius 2 is 1.95 bits per heavy atom. The van der Waals surface area contributed by atoms with Crippen LogP contribution in [0, 0.1) is 5.82 Å². The molecule has 0 fully saturated rings. The predicted octanol–water partition coefficient (Wildman–Crippen LogP) is 5.30. The number of para-hydroxylation sites is 1. The van der Waals surface area contributed by atoms with Gasteiger partial charge in [0.05, 0.1) is 10.2 Å². The zero-order valence-corrected chi connectivity index (χ0v) is 12.2. The van der Waals surface area contributed by atoms with Crippen molar-refractivity contribution in [3.63, 3.8) is 0 Å². The standard InChI is InChI=1S/C16H15FN2S/c1-10(2)12-5-3-4-6-13(12)18-16-19-14-9-11(17)7-8-15(14)20-16/h3-10H,1-2H3,(H,18,19). The van der Waals surface area contributed by atoms with Crippen molar-refractivity contribution in [3.05, 3.63) is 53.8 Å². The number of benzene rings is 2. The van der Waals surface area contributed by atoms with E-state index in [1.165, 1.54) is 29.0 Å². The summed E-state index contributed by atoms with van der Waals surface area (Å²) in [6.07, 6.45) is 0. The summed E-state index contributed by atoms with van der Waals surface area (Å²) in [5.41, 5.74) is 3.00. The highest BCUT2D eigenvalue weighted by molar-refractivity contribution is 7.22. The van der Waals surface area contributed by atoms with Crippen LogP contribution in [0.5, 0.6) is 0 Å². The molecule has 1 heterocycles. The van der Waals surface area contributed by atoms with E-state index in [4.69, 9.17) is 0 Å². The summed E-state index contributed by atoms with van der Waals surface area (Å²) in [5.74, 6) is 0.183. The maximum absolute atomic E-state index is 13.2. The van der Waals surface area contributed by atoms with E-state index in [9.17, 15) is 4.39 Å². The SMILES string of the molecule is CC(C)c1ccccc1Nc1nc2cc(F)ccc2s1. The van der Waals surface area contributed by atoms with Crippen molar-refractivity contribution in [1.82, 2.24) is 4.98 Å². The number of rotatable bonds is 3. The average molecular weight is 286 g/mol. The van der Waals surface area contributed by atoms with Gasteiger partial charge in [0, 0.05) is 11.8 Å². The number of hydrogen-bond donors (Lipinski definition) is 1. The molecule has 0 spiro atoms. The van der Waals surface area contributed by atoms with Crippen molar-refractivity contribution < 1.29 is 4.39 Å². The topological polar surface area (TPSA) is 24.9 Å². The van der Waals surface area contributed by atoms with Crippen LogP contribution >= 0.6 is 11.3 Å². The molecule has 1 aromatic heterocycles. The van der Waals surface area contributed by atoms with E-state index in [-0.39, 0.29) is 5.82 Å². The Morgan fingerprint density at radius 1 is 1.15 bits per heavy atom. The van der Waals surface area contributed by atoms with Crippen LogP contribution in [0.4, 0.5) is 15.2 Å². The van der Waals surface area contributed by atoms with Crippen LogP contribution in [0.1, 0.15) is 25.3 Å². The van der Waals surface area contributed by atoms with Gasteiger partial charge in [-0.05, 0) is 29.7 Å². The minimum Gasteiger partial charge on any atom is -0.331 e. The summed E-state index contributed by atoms with van der Waals surface area (Å²) in [7, 11) is 0. The van der Waals surface area contributed by atoms with Crippen LogP contribution in [-0.4, -0.2) is 4.98 Å². The normalized spacial score (nSPS) is 11.2. The van der Waals surface area contributed by atoms with E-state index in [0.717, 1.165) is 15.5 Å². The van der Waals surface area contributed by atoms with Gasteiger partial charge in [-0.1, -0.05) is 43.4 Å². The molecule has 0 amide bonds. The Bertz CT molecular complexity index is 749. The zero-order chi connectivity index (χ0) is 14.1. The van der Waals surface area contributed by atoms with E-state index >= 15 is 0 Å². The van der Waals surface area contributed by atoms with Crippen molar-refractivity contribution in [2.24, 2.45) is 0 Å². The summed E-state index contributed by atoms with van der Waals surface area (Å²) in [6.45, 7) is 4.32. The second-order valence-electron chi connectivity index (χ2n) is 5.00. The van der Waals surface area contributed by atoms with Gasteiger partial charge in [-0.25, -0.2) is 9.37 Å². The minimum absolute atomic E-state index is 0.253.